The second-order valence-electron chi connectivity index (χ2n) is 4.81. The molecule has 0 atom stereocenters. The second-order valence-corrected chi connectivity index (χ2v) is 4.81. The van der Waals surface area contributed by atoms with Crippen LogP contribution in [0.1, 0.15) is 10.4 Å². The third-order valence-electron chi connectivity index (χ3n) is 3.20. The number of phenolic OH excluding ortho intramolecular Hbond substituents is 2. The van der Waals surface area contributed by atoms with Crippen molar-refractivity contribution in [2.75, 3.05) is 5.32 Å². The lowest BCUT2D eigenvalue weighted by atomic mass is 10.1. The Balaban J connectivity index is 1.77. The Morgan fingerprint density at radius 2 is 1.70 bits per heavy atom. The maximum Gasteiger partial charge on any atom is 0.256 e. The van der Waals surface area contributed by atoms with Gasteiger partial charge >= 0.3 is 0 Å². The zero-order valence-corrected chi connectivity index (χ0v) is 12.0. The van der Waals surface area contributed by atoms with Gasteiger partial charge < -0.3 is 15.5 Å². The number of aromatic nitrogens is 2. The van der Waals surface area contributed by atoms with Crippen LogP contribution in [0.4, 0.5) is 5.82 Å². The van der Waals surface area contributed by atoms with Crippen molar-refractivity contribution in [3.05, 3.63) is 66.5 Å². The lowest BCUT2D eigenvalue weighted by Gasteiger charge is -2.06. The summed E-state index contributed by atoms with van der Waals surface area (Å²) in [5.41, 5.74) is 1.65. The van der Waals surface area contributed by atoms with Crippen LogP contribution in [-0.2, 0) is 0 Å². The first kappa shape index (κ1) is 14.5. The van der Waals surface area contributed by atoms with Crippen LogP contribution in [0.2, 0.25) is 0 Å². The molecule has 0 saturated carbocycles. The summed E-state index contributed by atoms with van der Waals surface area (Å²) in [5, 5.41) is 21.5. The number of rotatable bonds is 3. The smallest absolute Gasteiger partial charge is 0.256 e. The zero-order chi connectivity index (χ0) is 16.2. The summed E-state index contributed by atoms with van der Waals surface area (Å²) in [6.45, 7) is 0. The fraction of sp³-hybridized carbons (Fsp3) is 0. The van der Waals surface area contributed by atoms with E-state index in [0.717, 1.165) is 0 Å². The molecule has 1 aromatic heterocycles. The van der Waals surface area contributed by atoms with Gasteiger partial charge in [-0.05, 0) is 30.3 Å². The van der Waals surface area contributed by atoms with Crippen LogP contribution >= 0.6 is 0 Å². The van der Waals surface area contributed by atoms with Gasteiger partial charge in [0.05, 0.1) is 18.1 Å². The first-order valence-electron chi connectivity index (χ1n) is 6.84. The Hall–Kier alpha value is -3.41. The van der Waals surface area contributed by atoms with E-state index in [1.807, 2.05) is 6.07 Å². The molecule has 0 bridgehead atoms. The minimum absolute atomic E-state index is 0.201. The van der Waals surface area contributed by atoms with E-state index in [-0.39, 0.29) is 17.4 Å². The molecule has 1 heterocycles. The van der Waals surface area contributed by atoms with Crippen LogP contribution < -0.4 is 5.32 Å². The maximum atomic E-state index is 12.0. The summed E-state index contributed by atoms with van der Waals surface area (Å²) in [4.78, 5) is 20.3. The van der Waals surface area contributed by atoms with E-state index in [2.05, 4.69) is 15.3 Å². The van der Waals surface area contributed by atoms with Crippen LogP contribution in [0.5, 0.6) is 11.5 Å². The number of hydrogen-bond acceptors (Lipinski definition) is 5. The highest BCUT2D eigenvalue weighted by Crippen LogP contribution is 2.29. The molecule has 3 rings (SSSR count). The molecule has 0 spiro atoms. The van der Waals surface area contributed by atoms with Gasteiger partial charge in [-0.3, -0.25) is 9.78 Å². The molecule has 6 nitrogen and oxygen atoms in total. The number of aromatic hydroxyl groups is 2. The minimum atomic E-state index is -0.269. The van der Waals surface area contributed by atoms with Crippen molar-refractivity contribution >= 4 is 11.7 Å². The van der Waals surface area contributed by atoms with Crippen LogP contribution in [0, 0.1) is 0 Å². The highest BCUT2D eigenvalue weighted by molar-refractivity contribution is 6.03. The van der Waals surface area contributed by atoms with Gasteiger partial charge in [-0.15, -0.1) is 0 Å². The summed E-state index contributed by atoms with van der Waals surface area (Å²) in [6, 6.07) is 13.2. The third-order valence-corrected chi connectivity index (χ3v) is 3.20. The molecule has 23 heavy (non-hydrogen) atoms. The van der Waals surface area contributed by atoms with E-state index >= 15 is 0 Å². The van der Waals surface area contributed by atoms with E-state index in [1.54, 1.807) is 30.3 Å². The summed E-state index contributed by atoms with van der Waals surface area (Å²) < 4.78 is 0. The van der Waals surface area contributed by atoms with Crippen molar-refractivity contribution in [2.24, 2.45) is 0 Å². The maximum absolute atomic E-state index is 12.0. The Labute approximate surface area is 132 Å². The Bertz CT molecular complexity index is 833. The molecule has 0 aliphatic rings. The van der Waals surface area contributed by atoms with Crippen molar-refractivity contribution in [3.8, 4) is 22.8 Å². The molecule has 0 radical (unpaired) electrons. The number of anilines is 1. The molecule has 0 unspecified atom stereocenters. The van der Waals surface area contributed by atoms with Gasteiger partial charge in [0, 0.05) is 11.1 Å². The highest BCUT2D eigenvalue weighted by Gasteiger charge is 2.08. The number of hydrogen-bond donors (Lipinski definition) is 3. The van der Waals surface area contributed by atoms with Gasteiger partial charge in [-0.25, -0.2) is 4.98 Å². The molecule has 1 amide bonds. The molecule has 0 saturated heterocycles. The Morgan fingerprint density at radius 1 is 0.913 bits per heavy atom. The van der Waals surface area contributed by atoms with Gasteiger partial charge in [0.15, 0.2) is 17.3 Å². The number of carbonyl (C=O) groups is 1. The number of nitrogens with zero attached hydrogens (tertiary/aromatic N) is 2. The fourth-order valence-electron chi connectivity index (χ4n) is 2.00. The molecule has 3 aromatic rings. The van der Waals surface area contributed by atoms with E-state index in [0.29, 0.717) is 22.6 Å². The number of amides is 1. The molecule has 2 aromatic carbocycles. The van der Waals surface area contributed by atoms with Crippen molar-refractivity contribution in [3.63, 3.8) is 0 Å². The number of nitrogens with one attached hydrogen (secondary N) is 1. The highest BCUT2D eigenvalue weighted by atomic mass is 16.3. The van der Waals surface area contributed by atoms with Crippen LogP contribution in [-0.4, -0.2) is 26.1 Å². The van der Waals surface area contributed by atoms with E-state index in [1.165, 1.54) is 24.5 Å². The van der Waals surface area contributed by atoms with E-state index in [9.17, 15) is 15.0 Å². The van der Waals surface area contributed by atoms with Crippen LogP contribution in [0.25, 0.3) is 11.3 Å². The zero-order valence-electron chi connectivity index (χ0n) is 12.0. The first-order valence-corrected chi connectivity index (χ1v) is 6.84. The number of benzene rings is 2. The summed E-state index contributed by atoms with van der Waals surface area (Å²) in [5.74, 6) is -0.375. The average Bonchev–Trinajstić information content (AvgIpc) is 2.59. The molecule has 114 valence electrons. The topological polar surface area (TPSA) is 95.3 Å². The molecular formula is C17H13N3O3. The molecular weight excluding hydrogens is 294 g/mol. The quantitative estimate of drug-likeness (QED) is 0.647. The van der Waals surface area contributed by atoms with Crippen molar-refractivity contribution in [1.82, 2.24) is 9.97 Å². The van der Waals surface area contributed by atoms with E-state index < -0.39 is 0 Å². The lowest BCUT2D eigenvalue weighted by molar-refractivity contribution is 0.102. The standard InChI is InChI=1S/C17H13N3O3/c21-14-7-6-12(8-15(14)22)13-9-19-16(10-18-13)20-17(23)11-4-2-1-3-5-11/h1-10,21-22H,(H,19,20,23). The number of phenols is 2. The van der Waals surface area contributed by atoms with Gasteiger partial charge in [0.1, 0.15) is 0 Å². The summed E-state index contributed by atoms with van der Waals surface area (Å²) >= 11 is 0. The lowest BCUT2D eigenvalue weighted by Crippen LogP contribution is -2.12. The van der Waals surface area contributed by atoms with Gasteiger partial charge in [0.25, 0.3) is 5.91 Å². The molecule has 0 fully saturated rings. The molecule has 0 aliphatic carbocycles. The molecule has 0 aliphatic heterocycles. The van der Waals surface area contributed by atoms with Gasteiger partial charge in [0.2, 0.25) is 0 Å². The predicted molar refractivity (Wildman–Crippen MR) is 85.2 cm³/mol. The first-order chi connectivity index (χ1) is 11.1. The SMILES string of the molecule is O=C(Nc1cnc(-c2ccc(O)c(O)c2)cn1)c1ccccc1. The Morgan fingerprint density at radius 3 is 2.35 bits per heavy atom. The fourth-order valence-corrected chi connectivity index (χ4v) is 2.00. The van der Waals surface area contributed by atoms with Crippen molar-refractivity contribution < 1.29 is 15.0 Å². The minimum Gasteiger partial charge on any atom is -0.504 e. The molecule has 6 heteroatoms. The second kappa shape index (κ2) is 6.15. The van der Waals surface area contributed by atoms with Gasteiger partial charge in [-0.2, -0.15) is 0 Å². The predicted octanol–water partition coefficient (Wildman–Crippen LogP) is 2.81. The number of carbonyl (C=O) groups excluding carboxylic acids is 1. The van der Waals surface area contributed by atoms with Crippen molar-refractivity contribution in [1.29, 1.82) is 0 Å². The largest absolute Gasteiger partial charge is 0.504 e. The van der Waals surface area contributed by atoms with E-state index in [4.69, 9.17) is 0 Å². The third kappa shape index (κ3) is 3.26. The Kier molecular flexibility index (Phi) is 3.88. The van der Waals surface area contributed by atoms with Crippen LogP contribution in [0.3, 0.4) is 0 Å². The monoisotopic (exact) mass is 307 g/mol. The van der Waals surface area contributed by atoms with Crippen LogP contribution in [0.15, 0.2) is 60.9 Å². The normalized spacial score (nSPS) is 10.3. The van der Waals surface area contributed by atoms with Crippen molar-refractivity contribution in [2.45, 2.75) is 0 Å². The summed E-state index contributed by atoms with van der Waals surface area (Å²) in [7, 11) is 0. The molecule has 3 N–H and O–H groups in total. The van der Waals surface area contributed by atoms with Gasteiger partial charge in [-0.1, -0.05) is 18.2 Å². The average molecular weight is 307 g/mol. The summed E-state index contributed by atoms with van der Waals surface area (Å²) in [6.07, 6.45) is 2.91.